The lowest BCUT2D eigenvalue weighted by Crippen LogP contribution is -2.57. The Balaban J connectivity index is 1.27. The number of fused-ring (bicyclic) bond motifs is 4. The van der Waals surface area contributed by atoms with Gasteiger partial charge in [0.05, 0.1) is 23.1 Å². The number of ether oxygens (including phenoxy) is 2. The number of piperazine rings is 1. The van der Waals surface area contributed by atoms with E-state index in [1.807, 2.05) is 31.9 Å². The molecule has 4 fully saturated rings. The first-order valence-electron chi connectivity index (χ1n) is 17.4. The van der Waals surface area contributed by atoms with Crippen molar-refractivity contribution in [3.63, 3.8) is 0 Å². The third-order valence-corrected chi connectivity index (χ3v) is 10.6. The standard InChI is InChI=1S/C35H54N6O3/c1-7-10-24(2)11-12-25(3)26-19-29-30(36-20-26)31(38-32(37-29)43-23-35-15-8-17-40(35)18-9-16-35)39-21-27-13-14-28(22-39)41(27)33(42)44-34(4,5)6/h19-20,24-25,27-28H,7-18,21-23H2,1-6H3/t24-,25+,27?,28?/m0/s1. The van der Waals surface area contributed by atoms with Crippen LogP contribution in [0.25, 0.3) is 11.0 Å². The van der Waals surface area contributed by atoms with Crippen LogP contribution in [0, 0.1) is 5.92 Å². The van der Waals surface area contributed by atoms with Gasteiger partial charge in [0.2, 0.25) is 0 Å². The van der Waals surface area contributed by atoms with Gasteiger partial charge < -0.3 is 14.4 Å². The maximum absolute atomic E-state index is 13.1. The van der Waals surface area contributed by atoms with E-state index in [2.05, 4.69) is 36.6 Å². The Morgan fingerprint density at radius 1 is 1.05 bits per heavy atom. The quantitative estimate of drug-likeness (QED) is 0.288. The highest BCUT2D eigenvalue weighted by molar-refractivity contribution is 5.86. The zero-order chi connectivity index (χ0) is 31.1. The van der Waals surface area contributed by atoms with Gasteiger partial charge in [-0.15, -0.1) is 0 Å². The summed E-state index contributed by atoms with van der Waals surface area (Å²) in [7, 11) is 0. The van der Waals surface area contributed by atoms with Crippen molar-refractivity contribution in [3.05, 3.63) is 17.8 Å². The SMILES string of the molecule is CCC[C@H](C)CC[C@@H](C)c1cnc2c(N3CC4CCC(C3)N4C(=O)OC(C)(C)C)nc(OCC34CCCN3CCC4)nc2c1. The molecule has 6 heterocycles. The van der Waals surface area contributed by atoms with Crippen LogP contribution < -0.4 is 9.64 Å². The number of aromatic nitrogens is 3. The fraction of sp³-hybridized carbons (Fsp3) is 0.771. The van der Waals surface area contributed by atoms with Crippen LogP contribution in [0.5, 0.6) is 6.01 Å². The normalized spacial score (nSPS) is 24.5. The summed E-state index contributed by atoms with van der Waals surface area (Å²) in [6.07, 6.45) is 13.5. The minimum atomic E-state index is -0.511. The molecule has 4 aliphatic rings. The summed E-state index contributed by atoms with van der Waals surface area (Å²) in [5.74, 6) is 1.98. The summed E-state index contributed by atoms with van der Waals surface area (Å²) in [4.78, 5) is 35.1. The summed E-state index contributed by atoms with van der Waals surface area (Å²) < 4.78 is 12.3. The summed E-state index contributed by atoms with van der Waals surface area (Å²) in [5, 5.41) is 0. The van der Waals surface area contributed by atoms with Crippen molar-refractivity contribution in [2.45, 2.75) is 135 Å². The molecule has 2 aromatic rings. The highest BCUT2D eigenvalue weighted by Crippen LogP contribution is 2.40. The molecule has 6 rings (SSSR count). The van der Waals surface area contributed by atoms with Gasteiger partial charge >= 0.3 is 12.1 Å². The lowest BCUT2D eigenvalue weighted by Gasteiger charge is -2.41. The van der Waals surface area contributed by atoms with Gasteiger partial charge in [-0.3, -0.25) is 14.8 Å². The summed E-state index contributed by atoms with van der Waals surface area (Å²) in [5.41, 5.74) is 2.51. The summed E-state index contributed by atoms with van der Waals surface area (Å²) in [6.45, 7) is 17.1. The van der Waals surface area contributed by atoms with Gasteiger partial charge in [0.1, 0.15) is 17.7 Å². The fourth-order valence-corrected chi connectivity index (χ4v) is 8.24. The van der Waals surface area contributed by atoms with E-state index in [9.17, 15) is 4.79 Å². The molecular formula is C35H54N6O3. The molecule has 44 heavy (non-hydrogen) atoms. The maximum Gasteiger partial charge on any atom is 0.410 e. The molecule has 0 saturated carbocycles. The van der Waals surface area contributed by atoms with E-state index in [0.29, 0.717) is 31.6 Å². The number of carbonyl (C=O) groups excluding carboxylic acids is 1. The van der Waals surface area contributed by atoms with E-state index in [1.165, 1.54) is 63.6 Å². The Bertz CT molecular complexity index is 1300. The van der Waals surface area contributed by atoms with Crippen LogP contribution in [-0.2, 0) is 4.74 Å². The molecule has 1 amide bonds. The highest BCUT2D eigenvalue weighted by atomic mass is 16.6. The van der Waals surface area contributed by atoms with E-state index in [4.69, 9.17) is 24.4 Å². The summed E-state index contributed by atoms with van der Waals surface area (Å²) >= 11 is 0. The molecule has 0 aliphatic carbocycles. The molecule has 0 spiro atoms. The Hall–Kier alpha value is -2.68. The molecule has 0 aromatic carbocycles. The fourth-order valence-electron chi connectivity index (χ4n) is 8.24. The van der Waals surface area contributed by atoms with E-state index in [0.717, 1.165) is 42.0 Å². The molecule has 2 bridgehead atoms. The second kappa shape index (κ2) is 12.6. The van der Waals surface area contributed by atoms with Crippen molar-refractivity contribution in [2.75, 3.05) is 37.7 Å². The number of pyridine rings is 1. The van der Waals surface area contributed by atoms with Crippen LogP contribution in [-0.4, -0.2) is 86.9 Å². The van der Waals surface area contributed by atoms with Gasteiger partial charge in [0, 0.05) is 19.3 Å². The Labute approximate surface area is 264 Å². The molecule has 242 valence electrons. The van der Waals surface area contributed by atoms with Gasteiger partial charge in [-0.2, -0.15) is 9.97 Å². The Morgan fingerprint density at radius 2 is 1.75 bits per heavy atom. The van der Waals surface area contributed by atoms with E-state index in [1.54, 1.807) is 0 Å². The van der Waals surface area contributed by atoms with Gasteiger partial charge in [-0.1, -0.05) is 40.0 Å². The second-order valence-corrected chi connectivity index (χ2v) is 15.2. The highest BCUT2D eigenvalue weighted by Gasteiger charge is 2.46. The number of anilines is 1. The molecule has 4 aliphatic heterocycles. The third-order valence-electron chi connectivity index (χ3n) is 10.6. The van der Waals surface area contributed by atoms with Crippen molar-refractivity contribution in [1.29, 1.82) is 0 Å². The molecule has 9 nitrogen and oxygen atoms in total. The molecule has 4 saturated heterocycles. The molecule has 0 radical (unpaired) electrons. The van der Waals surface area contributed by atoms with Gasteiger partial charge in [0.15, 0.2) is 5.82 Å². The average Bonchev–Trinajstić information content (AvgIpc) is 3.64. The van der Waals surface area contributed by atoms with Crippen molar-refractivity contribution in [1.82, 2.24) is 24.8 Å². The molecule has 9 heteroatoms. The minimum absolute atomic E-state index is 0.0896. The zero-order valence-electron chi connectivity index (χ0n) is 28.0. The first-order valence-corrected chi connectivity index (χ1v) is 17.4. The maximum atomic E-state index is 13.1. The van der Waals surface area contributed by atoms with Crippen molar-refractivity contribution < 1.29 is 14.3 Å². The van der Waals surface area contributed by atoms with Crippen molar-refractivity contribution in [3.8, 4) is 6.01 Å². The average molecular weight is 607 g/mol. The second-order valence-electron chi connectivity index (χ2n) is 15.2. The largest absolute Gasteiger partial charge is 0.461 e. The van der Waals surface area contributed by atoms with Crippen LogP contribution in [0.3, 0.4) is 0 Å². The molecule has 4 atom stereocenters. The lowest BCUT2D eigenvalue weighted by molar-refractivity contribution is 0.0122. The lowest BCUT2D eigenvalue weighted by atomic mass is 9.91. The number of amides is 1. The van der Waals surface area contributed by atoms with Crippen LogP contribution in [0.2, 0.25) is 0 Å². The van der Waals surface area contributed by atoms with Crippen LogP contribution in [0.4, 0.5) is 10.6 Å². The number of rotatable bonds is 10. The van der Waals surface area contributed by atoms with Gasteiger partial charge in [0.25, 0.3) is 0 Å². The molecule has 2 unspecified atom stereocenters. The van der Waals surface area contributed by atoms with Crippen molar-refractivity contribution in [2.24, 2.45) is 5.92 Å². The molecule has 2 aromatic heterocycles. The van der Waals surface area contributed by atoms with E-state index in [-0.39, 0.29) is 23.7 Å². The minimum Gasteiger partial charge on any atom is -0.461 e. The predicted octanol–water partition coefficient (Wildman–Crippen LogP) is 6.94. The smallest absolute Gasteiger partial charge is 0.410 e. The zero-order valence-corrected chi connectivity index (χ0v) is 28.0. The number of carbonyl (C=O) groups is 1. The number of hydrogen-bond donors (Lipinski definition) is 0. The monoisotopic (exact) mass is 606 g/mol. The first-order chi connectivity index (χ1) is 21.0. The van der Waals surface area contributed by atoms with E-state index < -0.39 is 5.60 Å². The van der Waals surface area contributed by atoms with Crippen LogP contribution in [0.1, 0.15) is 117 Å². The van der Waals surface area contributed by atoms with Crippen LogP contribution in [0.15, 0.2) is 12.3 Å². The van der Waals surface area contributed by atoms with Gasteiger partial charge in [-0.05, 0) is 102 Å². The molecular weight excluding hydrogens is 552 g/mol. The molecule has 0 N–H and O–H groups in total. The van der Waals surface area contributed by atoms with E-state index >= 15 is 0 Å². The number of nitrogens with zero attached hydrogens (tertiary/aromatic N) is 6. The third kappa shape index (κ3) is 6.49. The predicted molar refractivity (Wildman–Crippen MR) is 174 cm³/mol. The summed E-state index contributed by atoms with van der Waals surface area (Å²) in [6, 6.07) is 2.85. The van der Waals surface area contributed by atoms with Crippen LogP contribution >= 0.6 is 0 Å². The Kier molecular flexibility index (Phi) is 8.97. The van der Waals surface area contributed by atoms with Crippen molar-refractivity contribution >= 4 is 22.9 Å². The first kappa shape index (κ1) is 31.3. The number of hydrogen-bond acceptors (Lipinski definition) is 8. The van der Waals surface area contributed by atoms with Gasteiger partial charge in [-0.25, -0.2) is 4.79 Å². The Morgan fingerprint density at radius 3 is 2.41 bits per heavy atom. The topological polar surface area (TPSA) is 83.9 Å².